The van der Waals surface area contributed by atoms with Gasteiger partial charge in [-0.15, -0.1) is 0 Å². The summed E-state index contributed by atoms with van der Waals surface area (Å²) in [4.78, 5) is 4.04. The van der Waals surface area contributed by atoms with Gasteiger partial charge in [-0.2, -0.15) is 13.2 Å². The fourth-order valence-electron chi connectivity index (χ4n) is 2.12. The Morgan fingerprint density at radius 3 is 2.48 bits per heavy atom. The Kier molecular flexibility index (Phi) is 5.00. The SMILES string of the molecule is NC(Cc1cncc(Br)c1)Cc1cccc(C(F)(F)F)c1. The fourth-order valence-corrected chi connectivity index (χ4v) is 2.53. The van der Waals surface area contributed by atoms with Crippen LogP contribution < -0.4 is 5.73 Å². The highest BCUT2D eigenvalue weighted by Crippen LogP contribution is 2.29. The number of hydrogen-bond acceptors (Lipinski definition) is 2. The van der Waals surface area contributed by atoms with Crippen molar-refractivity contribution in [2.45, 2.75) is 25.1 Å². The predicted molar refractivity (Wildman–Crippen MR) is 78.8 cm³/mol. The zero-order valence-electron chi connectivity index (χ0n) is 11.1. The number of hydrogen-bond donors (Lipinski definition) is 1. The fraction of sp³-hybridized carbons (Fsp3) is 0.267. The molecule has 1 aromatic carbocycles. The van der Waals surface area contributed by atoms with Crippen molar-refractivity contribution in [1.29, 1.82) is 0 Å². The molecule has 1 unspecified atom stereocenters. The third-order valence-corrected chi connectivity index (χ3v) is 3.45. The van der Waals surface area contributed by atoms with Crippen molar-refractivity contribution >= 4 is 15.9 Å². The Bertz CT molecular complexity index is 614. The molecule has 0 radical (unpaired) electrons. The monoisotopic (exact) mass is 358 g/mol. The number of rotatable bonds is 4. The molecule has 0 aliphatic heterocycles. The van der Waals surface area contributed by atoms with Crippen LogP contribution in [-0.2, 0) is 19.0 Å². The molecule has 2 rings (SSSR count). The summed E-state index contributed by atoms with van der Waals surface area (Å²) < 4.78 is 38.8. The molecular weight excluding hydrogens is 345 g/mol. The van der Waals surface area contributed by atoms with Gasteiger partial charge < -0.3 is 5.73 Å². The molecule has 0 bridgehead atoms. The second-order valence-corrected chi connectivity index (χ2v) is 5.79. The number of nitrogens with two attached hydrogens (primary N) is 1. The summed E-state index contributed by atoms with van der Waals surface area (Å²) in [5, 5.41) is 0. The van der Waals surface area contributed by atoms with Crippen LogP contribution >= 0.6 is 15.9 Å². The van der Waals surface area contributed by atoms with Crippen molar-refractivity contribution in [2.24, 2.45) is 5.73 Å². The van der Waals surface area contributed by atoms with Gasteiger partial charge in [-0.05, 0) is 52.0 Å². The summed E-state index contributed by atoms with van der Waals surface area (Å²) in [5.41, 5.74) is 6.91. The lowest BCUT2D eigenvalue weighted by atomic mass is 9.99. The molecule has 0 spiro atoms. The van der Waals surface area contributed by atoms with Crippen LogP contribution in [0.3, 0.4) is 0 Å². The number of halogens is 4. The van der Waals surface area contributed by atoms with Crippen LogP contribution in [0.25, 0.3) is 0 Å². The average molecular weight is 359 g/mol. The van der Waals surface area contributed by atoms with Crippen LogP contribution in [0.5, 0.6) is 0 Å². The van der Waals surface area contributed by atoms with Crippen molar-refractivity contribution in [3.05, 3.63) is 63.9 Å². The van der Waals surface area contributed by atoms with Gasteiger partial charge in [-0.25, -0.2) is 0 Å². The molecule has 2 aromatic rings. The molecule has 0 saturated carbocycles. The summed E-state index contributed by atoms with van der Waals surface area (Å²) >= 11 is 3.32. The molecule has 1 aromatic heterocycles. The molecule has 6 heteroatoms. The lowest BCUT2D eigenvalue weighted by molar-refractivity contribution is -0.137. The van der Waals surface area contributed by atoms with E-state index < -0.39 is 11.7 Å². The summed E-state index contributed by atoms with van der Waals surface area (Å²) in [6.45, 7) is 0. The molecule has 1 atom stereocenters. The summed E-state index contributed by atoms with van der Waals surface area (Å²) in [6, 6.07) is 6.93. The Balaban J connectivity index is 2.04. The van der Waals surface area contributed by atoms with E-state index in [2.05, 4.69) is 20.9 Å². The van der Waals surface area contributed by atoms with Crippen molar-refractivity contribution in [3.8, 4) is 0 Å². The third kappa shape index (κ3) is 4.82. The topological polar surface area (TPSA) is 38.9 Å². The van der Waals surface area contributed by atoms with E-state index in [1.807, 2.05) is 6.07 Å². The van der Waals surface area contributed by atoms with E-state index in [9.17, 15) is 13.2 Å². The van der Waals surface area contributed by atoms with Gasteiger partial charge in [-0.3, -0.25) is 4.98 Å². The Morgan fingerprint density at radius 1 is 1.10 bits per heavy atom. The van der Waals surface area contributed by atoms with E-state index in [4.69, 9.17) is 5.73 Å². The Morgan fingerprint density at radius 2 is 1.81 bits per heavy atom. The minimum Gasteiger partial charge on any atom is -0.327 e. The molecule has 0 aliphatic carbocycles. The van der Waals surface area contributed by atoms with Crippen LogP contribution in [0.4, 0.5) is 13.2 Å². The Labute approximate surface area is 129 Å². The number of nitrogens with zero attached hydrogens (tertiary/aromatic N) is 1. The molecule has 2 N–H and O–H groups in total. The van der Waals surface area contributed by atoms with E-state index >= 15 is 0 Å². The zero-order chi connectivity index (χ0) is 15.5. The molecular formula is C15H14BrF3N2. The van der Waals surface area contributed by atoms with Gasteiger partial charge in [0, 0.05) is 22.9 Å². The van der Waals surface area contributed by atoms with Gasteiger partial charge in [0.1, 0.15) is 0 Å². The second kappa shape index (κ2) is 6.58. The van der Waals surface area contributed by atoms with E-state index in [1.165, 1.54) is 6.07 Å². The van der Waals surface area contributed by atoms with Gasteiger partial charge in [0.2, 0.25) is 0 Å². The largest absolute Gasteiger partial charge is 0.416 e. The molecule has 0 amide bonds. The lowest BCUT2D eigenvalue weighted by Crippen LogP contribution is -2.25. The maximum atomic E-state index is 12.7. The van der Waals surface area contributed by atoms with Crippen LogP contribution in [0.1, 0.15) is 16.7 Å². The van der Waals surface area contributed by atoms with Gasteiger partial charge in [0.25, 0.3) is 0 Å². The first kappa shape index (κ1) is 16.0. The molecule has 21 heavy (non-hydrogen) atoms. The number of aromatic nitrogens is 1. The highest BCUT2D eigenvalue weighted by Gasteiger charge is 2.30. The first-order valence-electron chi connectivity index (χ1n) is 6.36. The van der Waals surface area contributed by atoms with E-state index in [1.54, 1.807) is 18.5 Å². The molecule has 0 aliphatic rings. The average Bonchev–Trinajstić information content (AvgIpc) is 2.37. The number of benzene rings is 1. The maximum Gasteiger partial charge on any atom is 0.416 e. The van der Waals surface area contributed by atoms with E-state index in [0.29, 0.717) is 18.4 Å². The maximum absolute atomic E-state index is 12.7. The van der Waals surface area contributed by atoms with Gasteiger partial charge in [0.15, 0.2) is 0 Å². The molecule has 112 valence electrons. The predicted octanol–water partition coefficient (Wildman–Crippen LogP) is 3.98. The van der Waals surface area contributed by atoms with E-state index in [-0.39, 0.29) is 6.04 Å². The normalized spacial score (nSPS) is 13.2. The van der Waals surface area contributed by atoms with Crippen molar-refractivity contribution < 1.29 is 13.2 Å². The minimum atomic E-state index is -4.33. The van der Waals surface area contributed by atoms with Crippen molar-refractivity contribution in [2.75, 3.05) is 0 Å². The molecule has 2 nitrogen and oxygen atoms in total. The zero-order valence-corrected chi connectivity index (χ0v) is 12.7. The van der Waals surface area contributed by atoms with Crippen molar-refractivity contribution in [1.82, 2.24) is 4.98 Å². The van der Waals surface area contributed by atoms with Gasteiger partial charge >= 0.3 is 6.18 Å². The first-order valence-corrected chi connectivity index (χ1v) is 7.15. The van der Waals surface area contributed by atoms with Gasteiger partial charge in [0.05, 0.1) is 5.56 Å². The third-order valence-electron chi connectivity index (χ3n) is 3.01. The quantitative estimate of drug-likeness (QED) is 0.897. The van der Waals surface area contributed by atoms with Gasteiger partial charge in [-0.1, -0.05) is 18.2 Å². The molecule has 1 heterocycles. The first-order chi connectivity index (χ1) is 9.84. The molecule has 0 fully saturated rings. The van der Waals surface area contributed by atoms with Crippen molar-refractivity contribution in [3.63, 3.8) is 0 Å². The smallest absolute Gasteiger partial charge is 0.327 e. The number of alkyl halides is 3. The van der Waals surface area contributed by atoms with Crippen LogP contribution in [0.2, 0.25) is 0 Å². The summed E-state index contributed by atoms with van der Waals surface area (Å²) in [5.74, 6) is 0. The minimum absolute atomic E-state index is 0.260. The van der Waals surface area contributed by atoms with Crippen LogP contribution in [-0.4, -0.2) is 11.0 Å². The second-order valence-electron chi connectivity index (χ2n) is 4.88. The van der Waals surface area contributed by atoms with E-state index in [0.717, 1.165) is 22.2 Å². The highest BCUT2D eigenvalue weighted by molar-refractivity contribution is 9.10. The van der Waals surface area contributed by atoms with Crippen LogP contribution in [0, 0.1) is 0 Å². The molecule has 0 saturated heterocycles. The summed E-state index contributed by atoms with van der Waals surface area (Å²) in [6.07, 6.45) is -0.00791. The Hall–Kier alpha value is -1.40. The summed E-state index contributed by atoms with van der Waals surface area (Å²) in [7, 11) is 0. The number of pyridine rings is 1. The lowest BCUT2D eigenvalue weighted by Gasteiger charge is -2.13. The standard InChI is InChI=1S/C15H14BrF3N2/c16-13-5-11(8-21-9-13)7-14(20)6-10-2-1-3-12(4-10)15(17,18)19/h1-5,8-9,14H,6-7,20H2. The van der Waals surface area contributed by atoms with Crippen LogP contribution in [0.15, 0.2) is 47.2 Å². The highest BCUT2D eigenvalue weighted by atomic mass is 79.9.